The second-order valence-electron chi connectivity index (χ2n) is 5.90. The van der Waals surface area contributed by atoms with Gasteiger partial charge in [0.05, 0.1) is 0 Å². The van der Waals surface area contributed by atoms with Crippen molar-refractivity contribution in [2.75, 3.05) is 0 Å². The fourth-order valence-corrected chi connectivity index (χ4v) is 3.84. The first kappa shape index (κ1) is 17.1. The normalized spacial score (nSPS) is 11.2. The van der Waals surface area contributed by atoms with Crippen LogP contribution in [-0.2, 0) is 5.75 Å². The fourth-order valence-electron chi connectivity index (χ4n) is 2.72. The standard InChI is InChI=1S/C19H15BrN4OS/c1-13-3-2-4-14(11-13)12-26-19-22-21-17-18(25)23(9-10-24(17)19)16-7-5-15(20)6-8-16/h2-11H,12H2,1H3. The van der Waals surface area contributed by atoms with Crippen LogP contribution in [0.1, 0.15) is 11.1 Å². The molecule has 2 aromatic carbocycles. The minimum Gasteiger partial charge on any atom is -0.280 e. The highest BCUT2D eigenvalue weighted by molar-refractivity contribution is 9.10. The summed E-state index contributed by atoms with van der Waals surface area (Å²) in [4.78, 5) is 12.8. The molecule has 0 aliphatic heterocycles. The molecule has 0 amide bonds. The first-order valence-corrected chi connectivity index (χ1v) is 9.80. The van der Waals surface area contributed by atoms with E-state index in [1.54, 1.807) is 26.9 Å². The van der Waals surface area contributed by atoms with Crippen molar-refractivity contribution in [3.05, 3.63) is 86.9 Å². The minimum absolute atomic E-state index is 0.190. The van der Waals surface area contributed by atoms with Gasteiger partial charge in [0.25, 0.3) is 0 Å². The maximum absolute atomic E-state index is 12.8. The van der Waals surface area contributed by atoms with E-state index in [-0.39, 0.29) is 5.56 Å². The predicted octanol–water partition coefficient (Wildman–Crippen LogP) is 4.24. The van der Waals surface area contributed by atoms with Gasteiger partial charge in [-0.3, -0.25) is 13.8 Å². The molecular formula is C19H15BrN4OS. The Morgan fingerprint density at radius 1 is 1.08 bits per heavy atom. The van der Waals surface area contributed by atoms with E-state index >= 15 is 0 Å². The van der Waals surface area contributed by atoms with Crippen LogP contribution in [0, 0.1) is 6.92 Å². The van der Waals surface area contributed by atoms with Crippen LogP contribution in [0.4, 0.5) is 0 Å². The van der Waals surface area contributed by atoms with Crippen LogP contribution < -0.4 is 5.56 Å². The molecule has 0 aliphatic carbocycles. The van der Waals surface area contributed by atoms with Crippen molar-refractivity contribution in [1.82, 2.24) is 19.2 Å². The van der Waals surface area contributed by atoms with Gasteiger partial charge in [0.15, 0.2) is 5.16 Å². The van der Waals surface area contributed by atoms with Crippen molar-refractivity contribution < 1.29 is 0 Å². The van der Waals surface area contributed by atoms with E-state index in [0.717, 1.165) is 15.9 Å². The summed E-state index contributed by atoms with van der Waals surface area (Å²) >= 11 is 4.97. The molecular weight excluding hydrogens is 412 g/mol. The van der Waals surface area contributed by atoms with E-state index in [4.69, 9.17) is 0 Å². The van der Waals surface area contributed by atoms with Crippen molar-refractivity contribution in [2.45, 2.75) is 17.8 Å². The smallest absolute Gasteiger partial charge is 0.280 e. The van der Waals surface area contributed by atoms with E-state index in [0.29, 0.717) is 10.8 Å². The molecule has 0 bridgehead atoms. The predicted molar refractivity (Wildman–Crippen MR) is 107 cm³/mol. The van der Waals surface area contributed by atoms with Crippen LogP contribution in [0.3, 0.4) is 0 Å². The number of fused-ring (bicyclic) bond motifs is 1. The number of rotatable bonds is 4. The molecule has 0 atom stereocenters. The number of thioether (sulfide) groups is 1. The van der Waals surface area contributed by atoms with Crippen molar-refractivity contribution in [1.29, 1.82) is 0 Å². The lowest BCUT2D eigenvalue weighted by Crippen LogP contribution is -2.20. The zero-order valence-corrected chi connectivity index (χ0v) is 16.4. The molecule has 0 radical (unpaired) electrons. The van der Waals surface area contributed by atoms with E-state index in [9.17, 15) is 4.79 Å². The lowest BCUT2D eigenvalue weighted by atomic mass is 10.2. The third-order valence-corrected chi connectivity index (χ3v) is 5.54. The van der Waals surface area contributed by atoms with Crippen LogP contribution in [0.15, 0.2) is 75.3 Å². The second kappa shape index (κ2) is 7.09. The van der Waals surface area contributed by atoms with Gasteiger partial charge in [-0.25, -0.2) is 0 Å². The molecule has 0 saturated heterocycles. The van der Waals surface area contributed by atoms with Crippen LogP contribution in [0.5, 0.6) is 0 Å². The van der Waals surface area contributed by atoms with Gasteiger partial charge < -0.3 is 0 Å². The molecule has 130 valence electrons. The largest absolute Gasteiger partial charge is 0.300 e. The van der Waals surface area contributed by atoms with Gasteiger partial charge in [-0.05, 0) is 36.8 Å². The maximum Gasteiger partial charge on any atom is 0.300 e. The summed E-state index contributed by atoms with van der Waals surface area (Å²) in [6.45, 7) is 2.07. The van der Waals surface area contributed by atoms with Crippen LogP contribution in [0.2, 0.25) is 0 Å². The lowest BCUT2D eigenvalue weighted by molar-refractivity contribution is 0.893. The Morgan fingerprint density at radius 2 is 1.88 bits per heavy atom. The van der Waals surface area contributed by atoms with Crippen molar-refractivity contribution in [3.8, 4) is 5.69 Å². The second-order valence-corrected chi connectivity index (χ2v) is 7.76. The van der Waals surface area contributed by atoms with E-state index in [1.807, 2.05) is 36.5 Å². The molecule has 0 N–H and O–H groups in total. The van der Waals surface area contributed by atoms with Gasteiger partial charge in [-0.1, -0.05) is 57.5 Å². The zero-order chi connectivity index (χ0) is 18.1. The summed E-state index contributed by atoms with van der Waals surface area (Å²) in [5.41, 5.74) is 3.37. The van der Waals surface area contributed by atoms with Gasteiger partial charge in [-0.2, -0.15) is 0 Å². The molecule has 4 rings (SSSR count). The Kier molecular flexibility index (Phi) is 4.65. The molecule has 7 heteroatoms. The third kappa shape index (κ3) is 3.32. The number of hydrogen-bond acceptors (Lipinski definition) is 4. The SMILES string of the molecule is Cc1cccc(CSc2nnc3c(=O)n(-c4ccc(Br)cc4)ccn23)c1. The summed E-state index contributed by atoms with van der Waals surface area (Å²) in [6, 6.07) is 15.9. The number of benzene rings is 2. The molecule has 4 aromatic rings. The number of aryl methyl sites for hydroxylation is 1. The van der Waals surface area contributed by atoms with Crippen molar-refractivity contribution in [3.63, 3.8) is 0 Å². The van der Waals surface area contributed by atoms with Gasteiger partial charge in [-0.15, -0.1) is 10.2 Å². The number of aromatic nitrogens is 4. The number of halogens is 1. The van der Waals surface area contributed by atoms with Crippen LogP contribution >= 0.6 is 27.7 Å². The van der Waals surface area contributed by atoms with Gasteiger partial charge >= 0.3 is 5.56 Å². The molecule has 0 saturated carbocycles. The van der Waals surface area contributed by atoms with Crippen molar-refractivity contribution in [2.24, 2.45) is 0 Å². The van der Waals surface area contributed by atoms with Crippen LogP contribution in [0.25, 0.3) is 11.3 Å². The summed E-state index contributed by atoms with van der Waals surface area (Å²) in [5.74, 6) is 0.776. The summed E-state index contributed by atoms with van der Waals surface area (Å²) in [5, 5.41) is 9.01. The first-order chi connectivity index (χ1) is 12.6. The Morgan fingerprint density at radius 3 is 2.65 bits per heavy atom. The first-order valence-electron chi connectivity index (χ1n) is 8.02. The third-order valence-electron chi connectivity index (χ3n) is 3.99. The molecule has 2 heterocycles. The summed E-state index contributed by atoms with van der Waals surface area (Å²) in [7, 11) is 0. The topological polar surface area (TPSA) is 52.2 Å². The van der Waals surface area contributed by atoms with E-state index in [1.165, 1.54) is 11.1 Å². The average Bonchev–Trinajstić information content (AvgIpc) is 3.05. The highest BCUT2D eigenvalue weighted by Crippen LogP contribution is 2.21. The molecule has 0 spiro atoms. The molecule has 2 aromatic heterocycles. The van der Waals surface area contributed by atoms with Crippen LogP contribution in [-0.4, -0.2) is 19.2 Å². The highest BCUT2D eigenvalue weighted by atomic mass is 79.9. The Bertz CT molecular complexity index is 1130. The number of hydrogen-bond donors (Lipinski definition) is 0. The zero-order valence-electron chi connectivity index (χ0n) is 14.0. The molecule has 0 unspecified atom stereocenters. The maximum atomic E-state index is 12.8. The summed E-state index contributed by atoms with van der Waals surface area (Å²) in [6.07, 6.45) is 3.58. The van der Waals surface area contributed by atoms with Gasteiger partial charge in [0.1, 0.15) is 0 Å². The average molecular weight is 427 g/mol. The minimum atomic E-state index is -0.190. The van der Waals surface area contributed by atoms with Crippen molar-refractivity contribution >= 4 is 33.3 Å². The van der Waals surface area contributed by atoms with E-state index < -0.39 is 0 Å². The monoisotopic (exact) mass is 426 g/mol. The Labute approximate surface area is 162 Å². The quantitative estimate of drug-likeness (QED) is 0.457. The molecule has 26 heavy (non-hydrogen) atoms. The highest BCUT2D eigenvalue weighted by Gasteiger charge is 2.12. The van der Waals surface area contributed by atoms with E-state index in [2.05, 4.69) is 51.3 Å². The number of nitrogens with zero attached hydrogens (tertiary/aromatic N) is 4. The summed E-state index contributed by atoms with van der Waals surface area (Å²) < 4.78 is 4.29. The Hall–Kier alpha value is -2.38. The van der Waals surface area contributed by atoms with Gasteiger partial charge in [0.2, 0.25) is 5.65 Å². The molecule has 0 aliphatic rings. The molecule has 5 nitrogen and oxygen atoms in total. The Balaban J connectivity index is 1.65. The molecule has 0 fully saturated rings. The lowest BCUT2D eigenvalue weighted by Gasteiger charge is -2.06. The van der Waals surface area contributed by atoms with Gasteiger partial charge in [0, 0.05) is 28.3 Å². The fraction of sp³-hybridized carbons (Fsp3) is 0.105.